The number of fused-ring (bicyclic) bond motifs is 1. The van der Waals surface area contributed by atoms with E-state index in [9.17, 15) is 9.59 Å². The number of esters is 1. The molecule has 0 spiro atoms. The number of nitrogens with one attached hydrogen (secondary N) is 1. The summed E-state index contributed by atoms with van der Waals surface area (Å²) < 4.78 is 6.76. The van der Waals surface area contributed by atoms with Gasteiger partial charge in [-0.1, -0.05) is 15.9 Å². The Hall–Kier alpha value is -0.920. The first-order chi connectivity index (χ1) is 8.61. The minimum atomic E-state index is -0.521. The molecule has 0 fully saturated rings. The van der Waals surface area contributed by atoms with Crippen LogP contribution in [0, 0.1) is 0 Å². The molecule has 7 heteroatoms. The number of thiophene rings is 2. The normalized spacial score (nSPS) is 12.3. The quantitative estimate of drug-likeness (QED) is 0.683. The van der Waals surface area contributed by atoms with Gasteiger partial charge in [0.1, 0.15) is 4.83 Å². The summed E-state index contributed by atoms with van der Waals surface area (Å²) >= 11 is 6.20. The van der Waals surface area contributed by atoms with Crippen LogP contribution in [0.1, 0.15) is 9.67 Å². The van der Waals surface area contributed by atoms with Crippen molar-refractivity contribution in [3.63, 3.8) is 0 Å². The van der Waals surface area contributed by atoms with Crippen molar-refractivity contribution in [3.8, 4) is 0 Å². The third kappa shape index (κ3) is 2.90. The molecule has 2 rings (SSSR count). The topological polar surface area (TPSA) is 55.4 Å². The van der Waals surface area contributed by atoms with Crippen molar-refractivity contribution < 1.29 is 14.3 Å². The summed E-state index contributed by atoms with van der Waals surface area (Å²) in [5, 5.41) is 4.69. The Kier molecular flexibility index (Phi) is 4.36. The third-order valence-electron chi connectivity index (χ3n) is 2.26. The van der Waals surface area contributed by atoms with Crippen LogP contribution in [0.3, 0.4) is 0 Å². The molecule has 2 aromatic heterocycles. The van der Waals surface area contributed by atoms with Crippen LogP contribution in [0.25, 0.3) is 9.40 Å². The molecule has 0 aliphatic heterocycles. The summed E-state index contributed by atoms with van der Waals surface area (Å²) in [7, 11) is 1.31. The molecule has 18 heavy (non-hydrogen) atoms. The lowest BCUT2D eigenvalue weighted by Gasteiger charge is -2.08. The number of amides is 1. The molecule has 2 heterocycles. The number of rotatable bonds is 4. The van der Waals surface area contributed by atoms with E-state index < -0.39 is 10.8 Å². The zero-order chi connectivity index (χ0) is 13.1. The monoisotopic (exact) mass is 347 g/mol. The van der Waals surface area contributed by atoms with Crippen molar-refractivity contribution in [2.75, 3.05) is 13.7 Å². The number of alkyl halides is 1. The van der Waals surface area contributed by atoms with E-state index in [0.29, 0.717) is 4.88 Å². The van der Waals surface area contributed by atoms with Gasteiger partial charge in [-0.25, -0.2) is 0 Å². The van der Waals surface area contributed by atoms with Crippen molar-refractivity contribution in [2.45, 2.75) is 4.83 Å². The van der Waals surface area contributed by atoms with Crippen LogP contribution in [0.15, 0.2) is 17.5 Å². The van der Waals surface area contributed by atoms with Gasteiger partial charge in [-0.2, -0.15) is 0 Å². The van der Waals surface area contributed by atoms with Gasteiger partial charge in [0.15, 0.2) is 0 Å². The molecule has 4 nitrogen and oxygen atoms in total. The summed E-state index contributed by atoms with van der Waals surface area (Å²) in [6.45, 7) is 0.205. The third-order valence-corrected chi connectivity index (χ3v) is 5.05. The molecule has 0 saturated heterocycles. The Morgan fingerprint density at radius 1 is 1.50 bits per heavy atom. The predicted octanol–water partition coefficient (Wildman–Crippen LogP) is 2.63. The second kappa shape index (κ2) is 5.81. The molecule has 1 atom stereocenters. The largest absolute Gasteiger partial charge is 0.468 e. The summed E-state index contributed by atoms with van der Waals surface area (Å²) in [5.41, 5.74) is 0. The Labute approximate surface area is 120 Å². The fraction of sp³-hybridized carbons (Fsp3) is 0.273. The number of hydrogen-bond acceptors (Lipinski definition) is 5. The fourth-order valence-corrected chi connectivity index (χ4v) is 3.73. The van der Waals surface area contributed by atoms with Crippen LogP contribution in [0.5, 0.6) is 0 Å². The molecule has 0 aliphatic rings. The maximum atomic E-state index is 11.9. The Balaban J connectivity index is 1.96. The lowest BCUT2D eigenvalue weighted by Crippen LogP contribution is -2.33. The molecule has 0 radical (unpaired) electrons. The first-order valence-corrected chi connectivity index (χ1v) is 7.70. The standard InChI is InChI=1S/C11H10BrNO3S2/c1-16-11(15)6(12)5-13-10(14)9-4-8-7(18-9)2-3-17-8/h2-4,6H,5H2,1H3,(H,13,14). The van der Waals surface area contributed by atoms with Gasteiger partial charge in [-0.15, -0.1) is 22.7 Å². The maximum Gasteiger partial charge on any atom is 0.321 e. The van der Waals surface area contributed by atoms with Crippen molar-refractivity contribution in [1.82, 2.24) is 5.32 Å². The van der Waals surface area contributed by atoms with Crippen molar-refractivity contribution in [2.24, 2.45) is 0 Å². The summed E-state index contributed by atoms with van der Waals surface area (Å²) in [4.78, 5) is 23.1. The zero-order valence-corrected chi connectivity index (χ0v) is 12.7. The average Bonchev–Trinajstić information content (AvgIpc) is 2.94. The van der Waals surface area contributed by atoms with Crippen LogP contribution in [0.4, 0.5) is 0 Å². The molecule has 0 aliphatic carbocycles. The van der Waals surface area contributed by atoms with E-state index in [1.54, 1.807) is 11.3 Å². The minimum absolute atomic E-state index is 0.170. The van der Waals surface area contributed by atoms with E-state index in [2.05, 4.69) is 26.0 Å². The predicted molar refractivity (Wildman–Crippen MR) is 76.8 cm³/mol. The molecule has 1 amide bonds. The fourth-order valence-electron chi connectivity index (χ4n) is 1.36. The number of hydrogen-bond donors (Lipinski definition) is 1. The molecule has 0 saturated carbocycles. The molecular formula is C11H10BrNO3S2. The van der Waals surface area contributed by atoms with Gasteiger partial charge in [0.2, 0.25) is 0 Å². The summed E-state index contributed by atoms with van der Waals surface area (Å²) in [5.74, 6) is -0.570. The molecule has 96 valence electrons. The van der Waals surface area contributed by atoms with Gasteiger partial charge in [0.25, 0.3) is 5.91 Å². The highest BCUT2D eigenvalue weighted by Gasteiger charge is 2.17. The lowest BCUT2D eigenvalue weighted by atomic mass is 10.4. The number of methoxy groups -OCH3 is 1. The molecule has 2 aromatic rings. The maximum absolute atomic E-state index is 11.9. The van der Waals surface area contributed by atoms with E-state index in [1.165, 1.54) is 18.4 Å². The van der Waals surface area contributed by atoms with Crippen LogP contribution >= 0.6 is 38.6 Å². The van der Waals surface area contributed by atoms with Crippen LogP contribution < -0.4 is 5.32 Å². The molecular weight excluding hydrogens is 338 g/mol. The molecule has 1 unspecified atom stereocenters. The zero-order valence-electron chi connectivity index (χ0n) is 9.44. The van der Waals surface area contributed by atoms with Crippen LogP contribution in [0.2, 0.25) is 0 Å². The number of ether oxygens (including phenoxy) is 1. The first kappa shape index (κ1) is 13.5. The second-order valence-electron chi connectivity index (χ2n) is 3.46. The highest BCUT2D eigenvalue weighted by molar-refractivity contribution is 9.10. The highest BCUT2D eigenvalue weighted by Crippen LogP contribution is 2.29. The Morgan fingerprint density at radius 3 is 2.94 bits per heavy atom. The van der Waals surface area contributed by atoms with Gasteiger partial charge in [-0.05, 0) is 17.5 Å². The molecule has 0 bridgehead atoms. The van der Waals surface area contributed by atoms with Gasteiger partial charge in [-0.3, -0.25) is 9.59 Å². The van der Waals surface area contributed by atoms with Gasteiger partial charge in [0.05, 0.1) is 12.0 Å². The van der Waals surface area contributed by atoms with E-state index in [1.807, 2.05) is 17.5 Å². The summed E-state index contributed by atoms with van der Waals surface area (Å²) in [6, 6.07) is 3.85. The van der Waals surface area contributed by atoms with E-state index in [0.717, 1.165) is 9.40 Å². The molecule has 0 aromatic carbocycles. The van der Waals surface area contributed by atoms with Crippen LogP contribution in [-0.2, 0) is 9.53 Å². The number of halogens is 1. The number of carbonyl (C=O) groups is 2. The minimum Gasteiger partial charge on any atom is -0.468 e. The Bertz CT molecular complexity index is 549. The Morgan fingerprint density at radius 2 is 2.28 bits per heavy atom. The van der Waals surface area contributed by atoms with Gasteiger partial charge >= 0.3 is 5.97 Å². The summed E-state index contributed by atoms with van der Waals surface area (Å²) in [6.07, 6.45) is 0. The van der Waals surface area contributed by atoms with E-state index in [4.69, 9.17) is 0 Å². The van der Waals surface area contributed by atoms with Gasteiger partial charge in [0, 0.05) is 15.9 Å². The highest BCUT2D eigenvalue weighted by atomic mass is 79.9. The van der Waals surface area contributed by atoms with Crippen LogP contribution in [-0.4, -0.2) is 30.4 Å². The first-order valence-electron chi connectivity index (χ1n) is 5.09. The van der Waals surface area contributed by atoms with E-state index >= 15 is 0 Å². The van der Waals surface area contributed by atoms with Crippen molar-refractivity contribution in [3.05, 3.63) is 22.4 Å². The van der Waals surface area contributed by atoms with Gasteiger partial charge < -0.3 is 10.1 Å². The van der Waals surface area contributed by atoms with Crippen molar-refractivity contribution in [1.29, 1.82) is 0 Å². The SMILES string of the molecule is COC(=O)C(Br)CNC(=O)c1cc2sccc2s1. The second-order valence-corrected chi connectivity index (χ2v) is 6.60. The average molecular weight is 348 g/mol. The lowest BCUT2D eigenvalue weighted by molar-refractivity contribution is -0.139. The van der Waals surface area contributed by atoms with E-state index in [-0.39, 0.29) is 12.5 Å². The van der Waals surface area contributed by atoms with Crippen molar-refractivity contribution >= 4 is 59.9 Å². The molecule has 1 N–H and O–H groups in total. The smallest absolute Gasteiger partial charge is 0.321 e. The number of carbonyl (C=O) groups excluding carboxylic acids is 2.